The molecule has 1 N–H and O–H groups in total. The van der Waals surface area contributed by atoms with E-state index in [1.165, 1.54) is 28.9 Å². The molecular weight excluding hydrogens is 564 g/mol. The summed E-state index contributed by atoms with van der Waals surface area (Å²) in [5, 5.41) is 18.9. The average Bonchev–Trinajstić information content (AvgIpc) is 3.28. The number of nitrogens with zero attached hydrogens (tertiary/aromatic N) is 6. The number of rotatable bonds is 6. The summed E-state index contributed by atoms with van der Waals surface area (Å²) in [5.41, 5.74) is -0.00773. The van der Waals surface area contributed by atoms with Gasteiger partial charge in [0, 0.05) is 10.6 Å². The summed E-state index contributed by atoms with van der Waals surface area (Å²) in [7, 11) is 0. The van der Waals surface area contributed by atoms with E-state index < -0.39 is 24.5 Å². The molecule has 0 fully saturated rings. The van der Waals surface area contributed by atoms with E-state index in [1.54, 1.807) is 24.3 Å². The molecule has 178 valence electrons. The third-order valence-corrected chi connectivity index (χ3v) is 5.83. The van der Waals surface area contributed by atoms with Crippen molar-refractivity contribution >= 4 is 39.1 Å². The van der Waals surface area contributed by atoms with Gasteiger partial charge in [0.1, 0.15) is 6.54 Å². The lowest BCUT2D eigenvalue weighted by atomic mass is 10.2. The van der Waals surface area contributed by atoms with Gasteiger partial charge in [-0.2, -0.15) is 13.2 Å². The number of aliphatic hydroxyl groups excluding tert-OH is 1. The normalized spacial score (nSPS) is 12.8. The van der Waals surface area contributed by atoms with E-state index in [0.717, 1.165) is 9.25 Å². The summed E-state index contributed by atoms with van der Waals surface area (Å²) in [5.74, 6) is 0.0761. The van der Waals surface area contributed by atoms with Crippen molar-refractivity contribution in [1.29, 1.82) is 0 Å². The molecule has 1 atom stereocenters. The maximum Gasteiger partial charge on any atom is 0.416 e. The highest BCUT2D eigenvalue weighted by atomic mass is 79.9. The van der Waals surface area contributed by atoms with Gasteiger partial charge in [-0.25, -0.2) is 19.1 Å². The molecule has 0 spiro atoms. The van der Waals surface area contributed by atoms with E-state index in [0.29, 0.717) is 26.0 Å². The Labute approximate surface area is 208 Å². The minimum Gasteiger partial charge on any atom is -0.382 e. The van der Waals surface area contributed by atoms with Crippen molar-refractivity contribution in [2.45, 2.75) is 25.4 Å². The second kappa shape index (κ2) is 9.53. The van der Waals surface area contributed by atoms with Crippen molar-refractivity contribution in [3.05, 3.63) is 79.6 Å². The van der Waals surface area contributed by atoms with E-state index in [2.05, 4.69) is 31.1 Å². The van der Waals surface area contributed by atoms with Crippen molar-refractivity contribution in [2.24, 2.45) is 0 Å². The monoisotopic (exact) mass is 576 g/mol. The number of hydrogen-bond donors (Lipinski definition) is 1. The number of para-hydroxylation sites is 1. The first-order valence-corrected chi connectivity index (χ1v) is 11.1. The average molecular weight is 578 g/mol. The third-order valence-electron chi connectivity index (χ3n) is 4.74. The number of aliphatic hydroxyl groups is 1. The van der Waals surface area contributed by atoms with Crippen LogP contribution in [0.3, 0.4) is 0 Å². The molecular formula is C20H14BrCl2F3N6O2. The van der Waals surface area contributed by atoms with Crippen molar-refractivity contribution in [3.8, 4) is 17.1 Å². The fourth-order valence-corrected chi connectivity index (χ4v) is 3.92. The highest BCUT2D eigenvalue weighted by molar-refractivity contribution is 9.10. The van der Waals surface area contributed by atoms with E-state index in [1.807, 2.05) is 0 Å². The Morgan fingerprint density at radius 2 is 1.74 bits per heavy atom. The standard InChI is InChI=1S/C20H14BrCl2F3N6O2/c21-18-27-16(28-32(18)14-4-2-1-3-13(14)23)10-31-19(34)30(9-15(33)20(24,25)26)17(29-31)11-5-7-12(22)8-6-11/h1-8,15,33H,9-10H2. The first kappa shape index (κ1) is 24.5. The van der Waals surface area contributed by atoms with Crippen molar-refractivity contribution < 1.29 is 18.3 Å². The molecule has 0 bridgehead atoms. The van der Waals surface area contributed by atoms with Crippen LogP contribution in [0.4, 0.5) is 13.2 Å². The zero-order chi connectivity index (χ0) is 24.6. The molecule has 4 aromatic rings. The highest BCUT2D eigenvalue weighted by Crippen LogP contribution is 2.25. The maximum absolute atomic E-state index is 13.0. The van der Waals surface area contributed by atoms with Gasteiger partial charge < -0.3 is 5.11 Å². The van der Waals surface area contributed by atoms with E-state index >= 15 is 0 Å². The molecule has 0 aliphatic heterocycles. The minimum absolute atomic E-state index is 0.0745. The molecule has 2 heterocycles. The molecule has 2 aromatic heterocycles. The fraction of sp³-hybridized carbons (Fsp3) is 0.200. The Kier molecular flexibility index (Phi) is 6.85. The Morgan fingerprint density at radius 1 is 1.06 bits per heavy atom. The molecule has 0 saturated carbocycles. The number of halogens is 6. The molecule has 0 aliphatic carbocycles. The van der Waals surface area contributed by atoms with Crippen LogP contribution in [0, 0.1) is 0 Å². The molecule has 34 heavy (non-hydrogen) atoms. The lowest BCUT2D eigenvalue weighted by Crippen LogP contribution is -2.37. The summed E-state index contributed by atoms with van der Waals surface area (Å²) in [6, 6.07) is 12.9. The summed E-state index contributed by atoms with van der Waals surface area (Å²) < 4.78 is 42.4. The molecule has 0 aliphatic rings. The summed E-state index contributed by atoms with van der Waals surface area (Å²) >= 11 is 15.4. The van der Waals surface area contributed by atoms with Crippen molar-refractivity contribution in [2.75, 3.05) is 0 Å². The molecule has 1 unspecified atom stereocenters. The first-order chi connectivity index (χ1) is 16.0. The van der Waals surface area contributed by atoms with E-state index in [4.69, 9.17) is 23.2 Å². The molecule has 14 heteroatoms. The van der Waals surface area contributed by atoms with Crippen LogP contribution in [0.25, 0.3) is 17.1 Å². The Hall–Kier alpha value is -2.67. The van der Waals surface area contributed by atoms with Gasteiger partial charge >= 0.3 is 11.9 Å². The van der Waals surface area contributed by atoms with Gasteiger partial charge in [0.2, 0.25) is 0 Å². The largest absolute Gasteiger partial charge is 0.416 e. The van der Waals surface area contributed by atoms with Crippen LogP contribution in [0.15, 0.2) is 58.1 Å². The smallest absolute Gasteiger partial charge is 0.382 e. The van der Waals surface area contributed by atoms with Gasteiger partial charge in [-0.05, 0) is 52.3 Å². The predicted octanol–water partition coefficient (Wildman–Crippen LogP) is 4.33. The number of benzene rings is 2. The predicted molar refractivity (Wildman–Crippen MR) is 122 cm³/mol. The first-order valence-electron chi connectivity index (χ1n) is 9.59. The lowest BCUT2D eigenvalue weighted by molar-refractivity contribution is -0.207. The van der Waals surface area contributed by atoms with Crippen LogP contribution in [0.1, 0.15) is 5.82 Å². The summed E-state index contributed by atoms with van der Waals surface area (Å²) in [6.07, 6.45) is -7.68. The maximum atomic E-state index is 13.0. The van der Waals surface area contributed by atoms with E-state index in [9.17, 15) is 23.1 Å². The van der Waals surface area contributed by atoms with Crippen LogP contribution in [-0.2, 0) is 13.1 Å². The molecule has 0 saturated heterocycles. The highest BCUT2D eigenvalue weighted by Gasteiger charge is 2.39. The summed E-state index contributed by atoms with van der Waals surface area (Å²) in [4.78, 5) is 17.2. The molecule has 4 rings (SSSR count). The Balaban J connectivity index is 1.74. The van der Waals surface area contributed by atoms with Gasteiger partial charge in [0.15, 0.2) is 22.5 Å². The van der Waals surface area contributed by atoms with E-state index in [-0.39, 0.29) is 18.2 Å². The van der Waals surface area contributed by atoms with Crippen LogP contribution < -0.4 is 5.69 Å². The summed E-state index contributed by atoms with van der Waals surface area (Å²) in [6.45, 7) is -1.28. The SMILES string of the molecule is O=c1n(Cc2nc(Br)n(-c3ccccc3Cl)n2)nc(-c2ccc(Cl)cc2)n1CC(O)C(F)(F)F. The van der Waals surface area contributed by atoms with Gasteiger partial charge in [-0.3, -0.25) is 4.57 Å². The van der Waals surface area contributed by atoms with Gasteiger partial charge in [0.05, 0.1) is 17.3 Å². The zero-order valence-electron chi connectivity index (χ0n) is 16.9. The van der Waals surface area contributed by atoms with Crippen molar-refractivity contribution in [1.82, 2.24) is 29.1 Å². The van der Waals surface area contributed by atoms with Gasteiger partial charge in [-0.15, -0.1) is 10.2 Å². The molecule has 0 radical (unpaired) electrons. The Morgan fingerprint density at radius 3 is 2.38 bits per heavy atom. The van der Waals surface area contributed by atoms with Gasteiger partial charge in [0.25, 0.3) is 0 Å². The fourth-order valence-electron chi connectivity index (χ4n) is 3.11. The van der Waals surface area contributed by atoms with Crippen molar-refractivity contribution in [3.63, 3.8) is 0 Å². The van der Waals surface area contributed by atoms with Gasteiger partial charge in [-0.1, -0.05) is 35.3 Å². The molecule has 8 nitrogen and oxygen atoms in total. The van der Waals surface area contributed by atoms with Crippen LogP contribution in [0.2, 0.25) is 10.0 Å². The quantitative estimate of drug-likeness (QED) is 0.368. The third kappa shape index (κ3) is 5.04. The topological polar surface area (TPSA) is 90.8 Å². The Bertz CT molecular complexity index is 1380. The van der Waals surface area contributed by atoms with Crippen LogP contribution >= 0.6 is 39.1 Å². The molecule has 0 amide bonds. The second-order valence-corrected chi connectivity index (χ2v) is 8.65. The molecule has 2 aromatic carbocycles. The number of hydrogen-bond acceptors (Lipinski definition) is 5. The number of aromatic nitrogens is 6. The zero-order valence-corrected chi connectivity index (χ0v) is 20.0. The second-order valence-electron chi connectivity index (χ2n) is 7.10. The minimum atomic E-state index is -4.92. The number of alkyl halides is 3. The van der Waals surface area contributed by atoms with Crippen LogP contribution in [0.5, 0.6) is 0 Å². The lowest BCUT2D eigenvalue weighted by Gasteiger charge is -2.15. The van der Waals surface area contributed by atoms with Crippen LogP contribution in [-0.4, -0.2) is 46.5 Å².